The molecule has 2 nitrogen and oxygen atoms in total. The van der Waals surface area contributed by atoms with Crippen molar-refractivity contribution in [1.82, 2.24) is 9.44 Å². The van der Waals surface area contributed by atoms with Crippen molar-refractivity contribution < 1.29 is 4.39 Å². The molecule has 10 aliphatic carbocycles. The highest BCUT2D eigenvalue weighted by atomic mass is 32.2. The van der Waals surface area contributed by atoms with Crippen LogP contribution in [0.25, 0.3) is 83.5 Å². The summed E-state index contributed by atoms with van der Waals surface area (Å²) in [5.41, 5.74) is 35.0. The molecule has 1 heterocycles. The smallest absolute Gasteiger partial charge is 0.123 e. The molecule has 0 aromatic heterocycles. The highest BCUT2D eigenvalue weighted by molar-refractivity contribution is 7.95. The SMILES string of the molecule is Fc1ccc(C2=CCC(C(c3ccccc3)C3CCC(C4CCC(C5C6C=CC(c7ccc(-c8ccc9c(c8)C8(c%10ccccc%10-c%10ccccc%108)c8ccccc8-9)cc7)=CC6C6C=C(c7ccc(-c8ccc9c(c8)C8(c%10ccccc%10-c%10ccccc%108)c8ccccc8-9)cc7)C=CC65)CC4)C4NSNC34)C=C2)cc1. The van der Waals surface area contributed by atoms with Gasteiger partial charge in [-0.25, -0.2) is 13.8 Å². The van der Waals surface area contributed by atoms with Crippen molar-refractivity contribution in [2.45, 2.75) is 73.8 Å². The first-order valence-corrected chi connectivity index (χ1v) is 41.5. The van der Waals surface area contributed by atoms with Gasteiger partial charge in [-0.2, -0.15) is 0 Å². The summed E-state index contributed by atoms with van der Waals surface area (Å²) in [6.45, 7) is 0. The summed E-state index contributed by atoms with van der Waals surface area (Å²) >= 11 is 1.77. The van der Waals surface area contributed by atoms with Gasteiger partial charge in [0, 0.05) is 24.2 Å². The Balaban J connectivity index is 0.548. The number of hydrogen-bond donors (Lipinski definition) is 2. The van der Waals surface area contributed by atoms with E-state index in [1.54, 1.807) is 24.3 Å². The predicted octanol–water partition coefficient (Wildman–Crippen LogP) is 25.3. The van der Waals surface area contributed by atoms with Crippen molar-refractivity contribution in [2.24, 2.45) is 59.2 Å². The summed E-state index contributed by atoms with van der Waals surface area (Å²) in [5.74, 6) is 5.35. The molecule has 3 saturated carbocycles. The Morgan fingerprint density at radius 3 is 1.16 bits per heavy atom. The number of nitrogens with one attached hydrogen (secondary N) is 2. The number of halogens is 1. The number of hydrogen-bond acceptors (Lipinski definition) is 3. The first kappa shape index (κ1) is 65.2. The highest BCUT2D eigenvalue weighted by Gasteiger charge is 2.56. The lowest BCUT2D eigenvalue weighted by Gasteiger charge is -2.48. The maximum absolute atomic E-state index is 14.0. The molecule has 11 aliphatic rings. The second kappa shape index (κ2) is 25.7. The molecule has 12 aromatic rings. The summed E-state index contributed by atoms with van der Waals surface area (Å²) in [6, 6.07) is 108. The molecule has 532 valence electrons. The van der Waals surface area contributed by atoms with Crippen molar-refractivity contribution in [3.05, 3.63) is 412 Å². The van der Waals surface area contributed by atoms with Crippen LogP contribution in [0.3, 0.4) is 0 Å². The molecule has 110 heavy (non-hydrogen) atoms. The van der Waals surface area contributed by atoms with Gasteiger partial charge in [0.25, 0.3) is 0 Å². The van der Waals surface area contributed by atoms with Crippen molar-refractivity contribution in [1.29, 1.82) is 0 Å². The van der Waals surface area contributed by atoms with Crippen LogP contribution in [0.1, 0.15) is 118 Å². The molecule has 2 spiro atoms. The van der Waals surface area contributed by atoms with E-state index in [2.05, 4.69) is 325 Å². The van der Waals surface area contributed by atoms with Crippen molar-refractivity contribution in [3.63, 3.8) is 0 Å². The monoisotopic (exact) mass is 1440 g/mol. The zero-order valence-corrected chi connectivity index (χ0v) is 62.4. The third-order valence-electron chi connectivity index (χ3n) is 29.0. The van der Waals surface area contributed by atoms with Gasteiger partial charge in [-0.3, -0.25) is 0 Å². The Bertz CT molecular complexity index is 5520. The topological polar surface area (TPSA) is 24.1 Å². The highest BCUT2D eigenvalue weighted by Crippen LogP contribution is 2.66. The van der Waals surface area contributed by atoms with E-state index in [0.717, 1.165) is 12.0 Å². The fourth-order valence-electron chi connectivity index (χ4n) is 24.4. The van der Waals surface area contributed by atoms with Crippen LogP contribution in [0, 0.1) is 65.0 Å². The third kappa shape index (κ3) is 9.74. The normalized spacial score (nSPS) is 26.0. The lowest BCUT2D eigenvalue weighted by Crippen LogP contribution is -2.53. The zero-order valence-electron chi connectivity index (χ0n) is 61.6. The Morgan fingerprint density at radius 2 is 0.709 bits per heavy atom. The molecule has 0 amide bonds. The van der Waals surface area contributed by atoms with Gasteiger partial charge in [-0.1, -0.05) is 316 Å². The van der Waals surface area contributed by atoms with Crippen LogP contribution in [-0.2, 0) is 10.8 Å². The molecule has 23 rings (SSSR count). The molecule has 10 unspecified atom stereocenters. The van der Waals surface area contributed by atoms with Gasteiger partial charge in [-0.05, 0) is 285 Å². The summed E-state index contributed by atoms with van der Waals surface area (Å²) in [5, 5.41) is 0. The maximum atomic E-state index is 14.0. The Kier molecular flexibility index (Phi) is 15.2. The number of rotatable bonds is 10. The van der Waals surface area contributed by atoms with Crippen LogP contribution in [-0.4, -0.2) is 12.1 Å². The van der Waals surface area contributed by atoms with E-state index >= 15 is 0 Å². The van der Waals surface area contributed by atoms with Crippen molar-refractivity contribution >= 4 is 28.9 Å². The lowest BCUT2D eigenvalue weighted by molar-refractivity contribution is 0.0735. The van der Waals surface area contributed by atoms with Crippen LogP contribution in [0.2, 0.25) is 0 Å². The van der Waals surface area contributed by atoms with Crippen molar-refractivity contribution in [3.8, 4) is 66.8 Å². The lowest BCUT2D eigenvalue weighted by atomic mass is 9.59. The van der Waals surface area contributed by atoms with Crippen LogP contribution >= 0.6 is 12.1 Å². The molecule has 4 fully saturated rings. The fraction of sp³-hybridized carbons (Fsp3) is 0.208. The standard InChI is InChI=1S/C106H85FN2S/c107-78-52-46-65(47-53-78)64-38-42-72(43-39-64)101(71-16-2-1-3-17-71)90-59-58-79(103-104(90)109-110-108-103)70-40-44-73(45-41-70)102-88-56-50-74(66-30-34-68(35-31-66)76-48-54-86-84-22-8-14-28-97(84)105(99(86)62-76)93-24-10-4-18-80(93)81-19-5-11-25-94(81)105)60-91(88)92-61-75(51-57-89(92)102)67-32-36-69(37-33-67)77-49-55-87-85-23-9-15-29-98(85)106(100(87)63-77)95-26-12-6-20-82(95)83-21-7-13-27-96(83)106/h1-39,42,46-57,60-63,70,72-73,79,88-92,101-104,108-109H,40-41,43-45,58-59H2. The third-order valence-corrected chi connectivity index (χ3v) is 29.8. The minimum Gasteiger partial charge on any atom is -0.246 e. The molecule has 0 radical (unpaired) electrons. The quantitative estimate of drug-likeness (QED) is 0.133. The summed E-state index contributed by atoms with van der Waals surface area (Å²) in [6.07, 6.45) is 31.7. The van der Waals surface area contributed by atoms with E-state index in [4.69, 9.17) is 0 Å². The van der Waals surface area contributed by atoms with E-state index in [9.17, 15) is 4.39 Å². The number of fused-ring (bicyclic) bond motifs is 24. The van der Waals surface area contributed by atoms with Gasteiger partial charge < -0.3 is 0 Å². The molecule has 10 atom stereocenters. The second-order valence-electron chi connectivity index (χ2n) is 33.6. The van der Waals surface area contributed by atoms with E-state index < -0.39 is 0 Å². The first-order chi connectivity index (χ1) is 54.4. The summed E-state index contributed by atoms with van der Waals surface area (Å²) in [4.78, 5) is 0. The summed E-state index contributed by atoms with van der Waals surface area (Å²) in [7, 11) is 0. The molecule has 2 N–H and O–H groups in total. The number of allylic oxidation sites excluding steroid dienone is 12. The molecular weight excluding hydrogens is 1350 g/mol. The molecule has 1 saturated heterocycles. The number of benzene rings is 12. The Hall–Kier alpha value is -10.7. The second-order valence-corrected chi connectivity index (χ2v) is 34.3. The zero-order chi connectivity index (χ0) is 72.3. The fourth-order valence-corrected chi connectivity index (χ4v) is 25.4. The van der Waals surface area contributed by atoms with Crippen LogP contribution < -0.4 is 9.44 Å². The minimum absolute atomic E-state index is 0.189. The van der Waals surface area contributed by atoms with Gasteiger partial charge in [0.2, 0.25) is 0 Å². The van der Waals surface area contributed by atoms with Gasteiger partial charge in [0.1, 0.15) is 5.82 Å². The van der Waals surface area contributed by atoms with Gasteiger partial charge in [0.05, 0.1) is 10.8 Å². The first-order valence-electron chi connectivity index (χ1n) is 40.7. The van der Waals surface area contributed by atoms with E-state index in [1.807, 2.05) is 12.1 Å². The molecule has 0 bridgehead atoms. The van der Waals surface area contributed by atoms with Crippen LogP contribution in [0.15, 0.2) is 340 Å². The minimum atomic E-state index is -0.378. The van der Waals surface area contributed by atoms with Crippen molar-refractivity contribution in [2.75, 3.05) is 0 Å². The maximum Gasteiger partial charge on any atom is 0.123 e. The average molecular weight is 1440 g/mol. The van der Waals surface area contributed by atoms with Gasteiger partial charge >= 0.3 is 0 Å². The largest absolute Gasteiger partial charge is 0.246 e. The van der Waals surface area contributed by atoms with Crippen LogP contribution in [0.4, 0.5) is 4.39 Å². The Morgan fingerprint density at radius 1 is 0.327 bits per heavy atom. The Labute approximate surface area is 650 Å². The molecule has 4 heteroatoms. The molecule has 12 aromatic carbocycles. The molecular formula is C106H85FN2S. The van der Waals surface area contributed by atoms with Gasteiger partial charge in [-0.15, -0.1) is 0 Å². The molecule has 1 aliphatic heterocycles. The van der Waals surface area contributed by atoms with E-state index in [1.165, 1.54) is 183 Å². The van der Waals surface area contributed by atoms with Crippen LogP contribution in [0.5, 0.6) is 0 Å². The van der Waals surface area contributed by atoms with E-state index in [0.29, 0.717) is 77.2 Å². The summed E-state index contributed by atoms with van der Waals surface area (Å²) < 4.78 is 22.1. The van der Waals surface area contributed by atoms with Gasteiger partial charge in [0.15, 0.2) is 0 Å². The average Bonchev–Trinajstić information content (AvgIpc) is 1.51. The van der Waals surface area contributed by atoms with E-state index in [-0.39, 0.29) is 16.6 Å². The predicted molar refractivity (Wildman–Crippen MR) is 452 cm³/mol.